The average molecular weight is 236 g/mol. The maximum atomic E-state index is 13.8. The molecule has 0 radical (unpaired) electrons. The molecular weight excluding hydrogens is 226 g/mol. The van der Waals surface area contributed by atoms with Gasteiger partial charge in [0.2, 0.25) is 0 Å². The SMILES string of the molecule is Cc1ccc(F)c(C(O)c2cncnc2)c1F. The summed E-state index contributed by atoms with van der Waals surface area (Å²) >= 11 is 0. The summed E-state index contributed by atoms with van der Waals surface area (Å²) in [7, 11) is 0. The Balaban J connectivity index is 2.51. The normalized spacial score (nSPS) is 12.5. The van der Waals surface area contributed by atoms with Crippen LogP contribution in [-0.4, -0.2) is 15.1 Å². The highest BCUT2D eigenvalue weighted by atomic mass is 19.1. The summed E-state index contributed by atoms with van der Waals surface area (Å²) in [4.78, 5) is 7.39. The lowest BCUT2D eigenvalue weighted by atomic mass is 10.0. The van der Waals surface area contributed by atoms with Crippen molar-refractivity contribution in [1.82, 2.24) is 9.97 Å². The molecule has 2 aromatic rings. The summed E-state index contributed by atoms with van der Waals surface area (Å²) in [6.07, 6.45) is 2.51. The lowest BCUT2D eigenvalue weighted by Gasteiger charge is -2.13. The molecule has 0 spiro atoms. The number of rotatable bonds is 2. The van der Waals surface area contributed by atoms with Gasteiger partial charge >= 0.3 is 0 Å². The van der Waals surface area contributed by atoms with E-state index in [1.54, 1.807) is 0 Å². The number of aryl methyl sites for hydroxylation is 1. The first-order valence-corrected chi connectivity index (χ1v) is 4.98. The third-order valence-corrected chi connectivity index (χ3v) is 2.49. The van der Waals surface area contributed by atoms with Crippen LogP contribution in [0.15, 0.2) is 30.9 Å². The molecule has 3 nitrogen and oxygen atoms in total. The Kier molecular flexibility index (Phi) is 3.10. The Morgan fingerprint density at radius 3 is 2.47 bits per heavy atom. The molecule has 5 heteroatoms. The molecule has 2 rings (SSSR count). The lowest BCUT2D eigenvalue weighted by Crippen LogP contribution is -2.07. The number of aromatic nitrogens is 2. The van der Waals surface area contributed by atoms with E-state index < -0.39 is 17.7 Å². The van der Waals surface area contributed by atoms with Gasteiger partial charge in [0.1, 0.15) is 24.1 Å². The summed E-state index contributed by atoms with van der Waals surface area (Å²) in [6, 6.07) is 2.45. The predicted molar refractivity (Wildman–Crippen MR) is 57.2 cm³/mol. The number of nitrogens with zero attached hydrogens (tertiary/aromatic N) is 2. The molecule has 1 atom stereocenters. The molecule has 0 saturated heterocycles. The number of aliphatic hydroxyl groups is 1. The minimum Gasteiger partial charge on any atom is -0.383 e. The van der Waals surface area contributed by atoms with Crippen molar-refractivity contribution in [2.24, 2.45) is 0 Å². The Bertz CT molecular complexity index is 532. The number of hydrogen-bond donors (Lipinski definition) is 1. The van der Waals surface area contributed by atoms with Crippen LogP contribution in [0.4, 0.5) is 8.78 Å². The van der Waals surface area contributed by atoms with Gasteiger partial charge in [-0.25, -0.2) is 18.7 Å². The zero-order chi connectivity index (χ0) is 12.4. The number of aliphatic hydroxyl groups excluding tert-OH is 1. The van der Waals surface area contributed by atoms with Crippen LogP contribution in [0.3, 0.4) is 0 Å². The summed E-state index contributed by atoms with van der Waals surface area (Å²) < 4.78 is 27.3. The Labute approximate surface area is 96.8 Å². The molecular formula is C12H10F2N2O. The van der Waals surface area contributed by atoms with Crippen LogP contribution in [0.25, 0.3) is 0 Å². The third kappa shape index (κ3) is 2.14. The molecule has 0 aliphatic rings. The van der Waals surface area contributed by atoms with Crippen molar-refractivity contribution in [2.45, 2.75) is 13.0 Å². The van der Waals surface area contributed by atoms with Crippen LogP contribution >= 0.6 is 0 Å². The molecule has 1 N–H and O–H groups in total. The highest BCUT2D eigenvalue weighted by Crippen LogP contribution is 2.27. The van der Waals surface area contributed by atoms with E-state index in [-0.39, 0.29) is 16.7 Å². The highest BCUT2D eigenvalue weighted by Gasteiger charge is 2.21. The van der Waals surface area contributed by atoms with Gasteiger partial charge in [-0.2, -0.15) is 0 Å². The maximum Gasteiger partial charge on any atom is 0.135 e. The minimum absolute atomic E-state index is 0.246. The molecule has 1 heterocycles. The third-order valence-electron chi connectivity index (χ3n) is 2.49. The molecule has 0 amide bonds. The van der Waals surface area contributed by atoms with Gasteiger partial charge in [0, 0.05) is 18.0 Å². The van der Waals surface area contributed by atoms with Crippen molar-refractivity contribution in [1.29, 1.82) is 0 Å². The van der Waals surface area contributed by atoms with E-state index in [9.17, 15) is 13.9 Å². The van der Waals surface area contributed by atoms with Crippen molar-refractivity contribution in [3.63, 3.8) is 0 Å². The first-order chi connectivity index (χ1) is 8.11. The standard InChI is InChI=1S/C12H10F2N2O/c1-7-2-3-9(13)10(11(7)14)12(17)8-4-15-6-16-5-8/h2-6,12,17H,1H3. The van der Waals surface area contributed by atoms with E-state index in [0.717, 1.165) is 6.07 Å². The molecule has 0 fully saturated rings. The number of benzene rings is 1. The summed E-state index contributed by atoms with van der Waals surface area (Å²) in [5.41, 5.74) is 0.146. The van der Waals surface area contributed by atoms with Crippen LogP contribution in [0.5, 0.6) is 0 Å². The average Bonchev–Trinajstić information content (AvgIpc) is 2.35. The summed E-state index contributed by atoms with van der Waals surface area (Å²) in [6.45, 7) is 1.51. The van der Waals surface area contributed by atoms with Crippen LogP contribution in [0, 0.1) is 18.6 Å². The zero-order valence-corrected chi connectivity index (χ0v) is 9.06. The van der Waals surface area contributed by atoms with Crippen LogP contribution in [0.1, 0.15) is 22.8 Å². The molecule has 0 saturated carbocycles. The first-order valence-electron chi connectivity index (χ1n) is 4.98. The molecule has 88 valence electrons. The van der Waals surface area contributed by atoms with E-state index in [2.05, 4.69) is 9.97 Å². The fourth-order valence-electron chi connectivity index (χ4n) is 1.55. The van der Waals surface area contributed by atoms with Gasteiger partial charge in [-0.1, -0.05) is 6.07 Å². The van der Waals surface area contributed by atoms with Crippen LogP contribution in [-0.2, 0) is 0 Å². The van der Waals surface area contributed by atoms with Crippen molar-refractivity contribution in [3.8, 4) is 0 Å². The smallest absolute Gasteiger partial charge is 0.135 e. The predicted octanol–water partition coefficient (Wildman–Crippen LogP) is 2.14. The Morgan fingerprint density at radius 1 is 1.18 bits per heavy atom. The van der Waals surface area contributed by atoms with Gasteiger partial charge < -0.3 is 5.11 Å². The Morgan fingerprint density at radius 2 is 1.82 bits per heavy atom. The fraction of sp³-hybridized carbons (Fsp3) is 0.167. The number of hydrogen-bond acceptors (Lipinski definition) is 3. The van der Waals surface area contributed by atoms with Crippen LogP contribution < -0.4 is 0 Å². The fourth-order valence-corrected chi connectivity index (χ4v) is 1.55. The minimum atomic E-state index is -1.41. The van der Waals surface area contributed by atoms with Gasteiger partial charge in [-0.15, -0.1) is 0 Å². The van der Waals surface area contributed by atoms with E-state index in [0.29, 0.717) is 0 Å². The highest BCUT2D eigenvalue weighted by molar-refractivity contribution is 5.33. The van der Waals surface area contributed by atoms with Gasteiger partial charge in [-0.3, -0.25) is 0 Å². The zero-order valence-electron chi connectivity index (χ0n) is 9.06. The van der Waals surface area contributed by atoms with Crippen molar-refractivity contribution < 1.29 is 13.9 Å². The molecule has 0 aliphatic heterocycles. The summed E-state index contributed by atoms with van der Waals surface area (Å²) in [5, 5.41) is 9.92. The molecule has 1 aromatic heterocycles. The van der Waals surface area contributed by atoms with Crippen LogP contribution in [0.2, 0.25) is 0 Å². The summed E-state index contributed by atoms with van der Waals surface area (Å²) in [5.74, 6) is -1.54. The van der Waals surface area contributed by atoms with Crippen molar-refractivity contribution in [2.75, 3.05) is 0 Å². The molecule has 1 aromatic carbocycles. The second-order valence-corrected chi connectivity index (χ2v) is 3.67. The Hall–Kier alpha value is -1.88. The van der Waals surface area contributed by atoms with Gasteiger partial charge in [0.05, 0.1) is 5.56 Å². The molecule has 1 unspecified atom stereocenters. The monoisotopic (exact) mass is 236 g/mol. The second kappa shape index (κ2) is 4.55. The van der Waals surface area contributed by atoms with E-state index >= 15 is 0 Å². The van der Waals surface area contributed by atoms with Crippen molar-refractivity contribution in [3.05, 3.63) is 59.2 Å². The lowest BCUT2D eigenvalue weighted by molar-refractivity contribution is 0.208. The first kappa shape index (κ1) is 11.6. The van der Waals surface area contributed by atoms with E-state index in [1.165, 1.54) is 31.7 Å². The quantitative estimate of drug-likeness (QED) is 0.868. The van der Waals surface area contributed by atoms with Crippen molar-refractivity contribution >= 4 is 0 Å². The van der Waals surface area contributed by atoms with Gasteiger partial charge in [0.15, 0.2) is 0 Å². The molecule has 17 heavy (non-hydrogen) atoms. The second-order valence-electron chi connectivity index (χ2n) is 3.67. The van der Waals surface area contributed by atoms with E-state index in [4.69, 9.17) is 0 Å². The molecule has 0 aliphatic carbocycles. The molecule has 0 bridgehead atoms. The topological polar surface area (TPSA) is 46.0 Å². The maximum absolute atomic E-state index is 13.8. The number of halogens is 2. The largest absolute Gasteiger partial charge is 0.383 e. The van der Waals surface area contributed by atoms with Gasteiger partial charge in [-0.05, 0) is 18.6 Å². The van der Waals surface area contributed by atoms with Gasteiger partial charge in [0.25, 0.3) is 0 Å². The van der Waals surface area contributed by atoms with E-state index in [1.807, 2.05) is 0 Å².